The van der Waals surface area contributed by atoms with Crippen molar-refractivity contribution in [3.8, 4) is 0 Å². The fourth-order valence-corrected chi connectivity index (χ4v) is 3.79. The Kier molecular flexibility index (Phi) is 5.17. The van der Waals surface area contributed by atoms with Crippen LogP contribution in [0.25, 0.3) is 0 Å². The summed E-state index contributed by atoms with van der Waals surface area (Å²) in [5.41, 5.74) is 5.90. The lowest BCUT2D eigenvalue weighted by Gasteiger charge is -2.23. The van der Waals surface area contributed by atoms with E-state index in [0.717, 1.165) is 50.1 Å². The molecule has 22 heavy (non-hydrogen) atoms. The fourth-order valence-electron chi connectivity index (χ4n) is 2.66. The zero-order chi connectivity index (χ0) is 15.4. The summed E-state index contributed by atoms with van der Waals surface area (Å²) in [5, 5.41) is 2.89. The van der Waals surface area contributed by atoms with Crippen LogP contribution in [0.4, 0.5) is 11.6 Å². The Morgan fingerprint density at radius 2 is 2.18 bits per heavy atom. The molecule has 5 nitrogen and oxygen atoms in total. The Morgan fingerprint density at radius 3 is 2.95 bits per heavy atom. The number of nitrogens with zero attached hydrogens (tertiary/aromatic N) is 4. The van der Waals surface area contributed by atoms with Gasteiger partial charge in [0.05, 0.1) is 0 Å². The maximum Gasteiger partial charge on any atom is 0.191 e. The summed E-state index contributed by atoms with van der Waals surface area (Å²) in [4.78, 5) is 15.1. The molecule has 118 valence electrons. The predicted octanol–water partition coefficient (Wildman–Crippen LogP) is 2.55. The number of aromatic nitrogens is 2. The van der Waals surface area contributed by atoms with Gasteiger partial charge in [-0.05, 0) is 24.1 Å². The second-order valence-corrected chi connectivity index (χ2v) is 7.14. The monoisotopic (exact) mass is 335 g/mol. The van der Waals surface area contributed by atoms with Gasteiger partial charge in [0.2, 0.25) is 0 Å². The first-order valence-corrected chi connectivity index (χ1v) is 9.53. The zero-order valence-corrected chi connectivity index (χ0v) is 14.4. The van der Waals surface area contributed by atoms with Gasteiger partial charge in [-0.25, -0.2) is 9.97 Å². The molecule has 7 heteroatoms. The molecule has 1 aliphatic heterocycles. The first kappa shape index (κ1) is 15.6. The zero-order valence-electron chi connectivity index (χ0n) is 12.7. The SMILES string of the molecule is CSc1nc(N)cc(N2CCCN(Cc3cccs3)CC2)n1. The molecule has 1 aliphatic rings. The van der Waals surface area contributed by atoms with E-state index in [1.54, 1.807) is 0 Å². The summed E-state index contributed by atoms with van der Waals surface area (Å²) >= 11 is 3.36. The van der Waals surface area contributed by atoms with E-state index in [9.17, 15) is 0 Å². The molecule has 0 aliphatic carbocycles. The first-order chi connectivity index (χ1) is 10.7. The highest BCUT2D eigenvalue weighted by Crippen LogP contribution is 2.21. The van der Waals surface area contributed by atoms with Crippen LogP contribution < -0.4 is 10.6 Å². The minimum absolute atomic E-state index is 0.550. The molecule has 1 saturated heterocycles. The molecule has 0 radical (unpaired) electrons. The summed E-state index contributed by atoms with van der Waals surface area (Å²) in [6.45, 7) is 5.23. The van der Waals surface area contributed by atoms with Crippen molar-refractivity contribution in [1.82, 2.24) is 14.9 Å². The number of anilines is 2. The molecule has 2 aromatic rings. The molecule has 1 fully saturated rings. The third kappa shape index (κ3) is 3.91. The van der Waals surface area contributed by atoms with Gasteiger partial charge >= 0.3 is 0 Å². The lowest BCUT2D eigenvalue weighted by Crippen LogP contribution is -2.31. The van der Waals surface area contributed by atoms with Crippen LogP contribution in [0.5, 0.6) is 0 Å². The van der Waals surface area contributed by atoms with Crippen molar-refractivity contribution in [1.29, 1.82) is 0 Å². The van der Waals surface area contributed by atoms with E-state index in [1.165, 1.54) is 16.6 Å². The number of nitrogen functional groups attached to an aromatic ring is 1. The molecule has 0 spiro atoms. The van der Waals surface area contributed by atoms with Crippen LogP contribution in [0.1, 0.15) is 11.3 Å². The van der Waals surface area contributed by atoms with Gasteiger partial charge in [-0.1, -0.05) is 17.8 Å². The summed E-state index contributed by atoms with van der Waals surface area (Å²) in [5.74, 6) is 1.50. The number of thioether (sulfide) groups is 1. The van der Waals surface area contributed by atoms with Gasteiger partial charge in [0.15, 0.2) is 5.16 Å². The molecule has 2 N–H and O–H groups in total. The number of hydrogen-bond acceptors (Lipinski definition) is 7. The van der Waals surface area contributed by atoms with Crippen molar-refractivity contribution >= 4 is 34.7 Å². The number of hydrogen-bond donors (Lipinski definition) is 1. The Morgan fingerprint density at radius 1 is 1.27 bits per heavy atom. The maximum atomic E-state index is 5.90. The molecule has 0 unspecified atom stereocenters. The molecule has 0 amide bonds. The van der Waals surface area contributed by atoms with E-state index in [0.29, 0.717) is 5.82 Å². The molecular weight excluding hydrogens is 314 g/mol. The van der Waals surface area contributed by atoms with Gasteiger partial charge in [-0.2, -0.15) is 0 Å². The van der Waals surface area contributed by atoms with Crippen molar-refractivity contribution in [2.24, 2.45) is 0 Å². The lowest BCUT2D eigenvalue weighted by molar-refractivity contribution is 0.288. The third-order valence-electron chi connectivity index (χ3n) is 3.77. The Bertz CT molecular complexity index is 602. The summed E-state index contributed by atoms with van der Waals surface area (Å²) < 4.78 is 0. The van der Waals surface area contributed by atoms with Gasteiger partial charge in [0.1, 0.15) is 11.6 Å². The van der Waals surface area contributed by atoms with E-state index in [-0.39, 0.29) is 0 Å². The molecule has 3 rings (SSSR count). The van der Waals surface area contributed by atoms with Crippen molar-refractivity contribution in [2.75, 3.05) is 43.1 Å². The highest BCUT2D eigenvalue weighted by molar-refractivity contribution is 7.98. The van der Waals surface area contributed by atoms with Gasteiger partial charge in [0.25, 0.3) is 0 Å². The van der Waals surface area contributed by atoms with E-state index in [2.05, 4.69) is 37.3 Å². The highest BCUT2D eigenvalue weighted by Gasteiger charge is 2.17. The van der Waals surface area contributed by atoms with E-state index in [1.807, 2.05) is 23.7 Å². The minimum Gasteiger partial charge on any atom is -0.383 e. The quantitative estimate of drug-likeness (QED) is 0.684. The van der Waals surface area contributed by atoms with Crippen molar-refractivity contribution in [3.63, 3.8) is 0 Å². The van der Waals surface area contributed by atoms with Crippen LogP contribution in [-0.2, 0) is 6.54 Å². The molecule has 0 aromatic carbocycles. The summed E-state index contributed by atoms with van der Waals surface area (Å²) in [7, 11) is 0. The molecule has 0 atom stereocenters. The average Bonchev–Trinajstić information content (AvgIpc) is 2.91. The van der Waals surface area contributed by atoms with Crippen molar-refractivity contribution in [2.45, 2.75) is 18.1 Å². The highest BCUT2D eigenvalue weighted by atomic mass is 32.2. The molecule has 3 heterocycles. The van der Waals surface area contributed by atoms with E-state index in [4.69, 9.17) is 5.73 Å². The molecule has 2 aromatic heterocycles. The van der Waals surface area contributed by atoms with Crippen LogP contribution in [0.15, 0.2) is 28.7 Å². The smallest absolute Gasteiger partial charge is 0.191 e. The summed E-state index contributed by atoms with van der Waals surface area (Å²) in [6.07, 6.45) is 3.12. The number of thiophene rings is 1. The number of nitrogens with two attached hydrogens (primary N) is 1. The maximum absolute atomic E-state index is 5.90. The van der Waals surface area contributed by atoms with Crippen LogP contribution in [0.3, 0.4) is 0 Å². The second kappa shape index (κ2) is 7.30. The topological polar surface area (TPSA) is 58.3 Å². The van der Waals surface area contributed by atoms with Gasteiger partial charge in [-0.15, -0.1) is 11.3 Å². The van der Waals surface area contributed by atoms with Gasteiger partial charge < -0.3 is 10.6 Å². The van der Waals surface area contributed by atoms with E-state index < -0.39 is 0 Å². The van der Waals surface area contributed by atoms with Crippen LogP contribution >= 0.6 is 23.1 Å². The fraction of sp³-hybridized carbons (Fsp3) is 0.467. The normalized spacial score (nSPS) is 16.7. The number of rotatable bonds is 4. The standard InChI is InChI=1S/C15H21N5S2/c1-21-15-17-13(16)10-14(18-15)20-6-3-5-19(7-8-20)11-12-4-2-9-22-12/h2,4,9-10H,3,5-8,11H2,1H3,(H2,16,17,18). The molecule has 0 saturated carbocycles. The van der Waals surface area contributed by atoms with Crippen LogP contribution in [0, 0.1) is 0 Å². The third-order valence-corrected chi connectivity index (χ3v) is 5.18. The van der Waals surface area contributed by atoms with Crippen LogP contribution in [0.2, 0.25) is 0 Å². The largest absolute Gasteiger partial charge is 0.383 e. The van der Waals surface area contributed by atoms with E-state index >= 15 is 0 Å². The Hall–Kier alpha value is -1.31. The van der Waals surface area contributed by atoms with Gasteiger partial charge in [-0.3, -0.25) is 4.90 Å². The summed E-state index contributed by atoms with van der Waals surface area (Å²) in [6, 6.07) is 6.22. The predicted molar refractivity (Wildman–Crippen MR) is 94.7 cm³/mol. The average molecular weight is 336 g/mol. The lowest BCUT2D eigenvalue weighted by atomic mass is 10.3. The van der Waals surface area contributed by atoms with Crippen LogP contribution in [-0.4, -0.2) is 47.3 Å². The Balaban J connectivity index is 1.66. The first-order valence-electron chi connectivity index (χ1n) is 7.43. The minimum atomic E-state index is 0.550. The molecular formula is C15H21N5S2. The Labute approximate surface area is 139 Å². The van der Waals surface area contributed by atoms with Crippen molar-refractivity contribution in [3.05, 3.63) is 28.5 Å². The second-order valence-electron chi connectivity index (χ2n) is 5.33. The molecule has 0 bridgehead atoms. The van der Waals surface area contributed by atoms with Crippen molar-refractivity contribution < 1.29 is 0 Å². The van der Waals surface area contributed by atoms with Gasteiger partial charge in [0, 0.05) is 43.7 Å².